The molecule has 90 valence electrons. The van der Waals surface area contributed by atoms with E-state index in [9.17, 15) is 8.78 Å². The third-order valence-corrected chi connectivity index (χ3v) is 3.51. The molecule has 1 unspecified atom stereocenters. The van der Waals surface area contributed by atoms with Crippen LogP contribution >= 0.6 is 11.3 Å². The van der Waals surface area contributed by atoms with E-state index < -0.39 is 11.6 Å². The molecular formula is C11H11F2N3S. The Morgan fingerprint density at radius 1 is 1.18 bits per heavy atom. The molecule has 17 heavy (non-hydrogen) atoms. The second-order valence-electron chi connectivity index (χ2n) is 3.61. The highest BCUT2D eigenvalue weighted by molar-refractivity contribution is 7.14. The highest BCUT2D eigenvalue weighted by Crippen LogP contribution is 2.27. The van der Waals surface area contributed by atoms with Gasteiger partial charge in [0, 0.05) is 11.6 Å². The molecule has 1 atom stereocenters. The van der Waals surface area contributed by atoms with Crippen molar-refractivity contribution in [1.82, 2.24) is 15.5 Å². The molecule has 2 rings (SSSR count). The summed E-state index contributed by atoms with van der Waals surface area (Å²) in [6, 6.07) is 3.40. The van der Waals surface area contributed by atoms with Gasteiger partial charge in [0.25, 0.3) is 0 Å². The van der Waals surface area contributed by atoms with E-state index in [1.54, 1.807) is 0 Å². The minimum atomic E-state index is -0.613. The summed E-state index contributed by atoms with van der Waals surface area (Å²) in [6.07, 6.45) is 0. The number of hydrogen-bond donors (Lipinski definition) is 1. The van der Waals surface area contributed by atoms with E-state index in [1.165, 1.54) is 23.5 Å². The van der Waals surface area contributed by atoms with Gasteiger partial charge in [0.15, 0.2) is 0 Å². The molecule has 1 aromatic heterocycles. The Kier molecular flexibility index (Phi) is 3.44. The van der Waals surface area contributed by atoms with Crippen LogP contribution in [0.4, 0.5) is 8.78 Å². The molecule has 0 aliphatic rings. The SMILES string of the molecule is CNC(C)c1nnc(-c2cc(F)cc(F)c2)s1. The predicted octanol–water partition coefficient (Wildman–Crippen LogP) is 2.76. The van der Waals surface area contributed by atoms with Gasteiger partial charge < -0.3 is 5.32 Å². The Balaban J connectivity index is 2.36. The number of aromatic nitrogens is 2. The lowest BCUT2D eigenvalue weighted by Crippen LogP contribution is -2.11. The van der Waals surface area contributed by atoms with E-state index >= 15 is 0 Å². The fourth-order valence-corrected chi connectivity index (χ4v) is 2.22. The summed E-state index contributed by atoms with van der Waals surface area (Å²) < 4.78 is 26.1. The van der Waals surface area contributed by atoms with Gasteiger partial charge in [-0.3, -0.25) is 0 Å². The highest BCUT2D eigenvalue weighted by atomic mass is 32.1. The number of halogens is 2. The Morgan fingerprint density at radius 3 is 2.41 bits per heavy atom. The maximum absolute atomic E-state index is 13.0. The fraction of sp³-hybridized carbons (Fsp3) is 0.273. The zero-order valence-electron chi connectivity index (χ0n) is 9.37. The van der Waals surface area contributed by atoms with Crippen LogP contribution in [-0.4, -0.2) is 17.2 Å². The molecule has 0 radical (unpaired) electrons. The molecule has 0 bridgehead atoms. The predicted molar refractivity (Wildman–Crippen MR) is 62.7 cm³/mol. The van der Waals surface area contributed by atoms with Crippen molar-refractivity contribution >= 4 is 11.3 Å². The first-order chi connectivity index (χ1) is 8.10. The second-order valence-corrected chi connectivity index (χ2v) is 4.62. The summed E-state index contributed by atoms with van der Waals surface area (Å²) in [5.74, 6) is -1.23. The molecule has 0 aliphatic heterocycles. The lowest BCUT2D eigenvalue weighted by Gasteiger charge is -2.02. The molecule has 2 aromatic rings. The van der Waals surface area contributed by atoms with Crippen molar-refractivity contribution in [3.8, 4) is 10.6 Å². The molecule has 1 N–H and O–H groups in total. The summed E-state index contributed by atoms with van der Waals surface area (Å²) in [5, 5.41) is 12.2. The van der Waals surface area contributed by atoms with E-state index in [2.05, 4.69) is 15.5 Å². The first-order valence-corrected chi connectivity index (χ1v) is 5.89. The van der Waals surface area contributed by atoms with Crippen LogP contribution in [-0.2, 0) is 0 Å². The monoisotopic (exact) mass is 255 g/mol. The van der Waals surface area contributed by atoms with Gasteiger partial charge in [-0.1, -0.05) is 11.3 Å². The molecule has 0 aliphatic carbocycles. The zero-order valence-corrected chi connectivity index (χ0v) is 10.2. The Bertz CT molecular complexity index is 507. The molecule has 0 saturated carbocycles. The highest BCUT2D eigenvalue weighted by Gasteiger charge is 2.12. The van der Waals surface area contributed by atoms with Gasteiger partial charge in [-0.05, 0) is 26.1 Å². The van der Waals surface area contributed by atoms with Crippen molar-refractivity contribution in [2.45, 2.75) is 13.0 Å². The van der Waals surface area contributed by atoms with E-state index in [0.29, 0.717) is 10.6 Å². The first-order valence-electron chi connectivity index (χ1n) is 5.07. The van der Waals surface area contributed by atoms with Gasteiger partial charge >= 0.3 is 0 Å². The number of nitrogens with zero attached hydrogens (tertiary/aromatic N) is 2. The van der Waals surface area contributed by atoms with Crippen molar-refractivity contribution in [2.75, 3.05) is 7.05 Å². The van der Waals surface area contributed by atoms with Gasteiger partial charge in [0.05, 0.1) is 6.04 Å². The number of hydrogen-bond acceptors (Lipinski definition) is 4. The standard InChI is InChI=1S/C11H11F2N3S/c1-6(14-2)10-15-16-11(17-10)7-3-8(12)5-9(13)4-7/h3-6,14H,1-2H3. The van der Waals surface area contributed by atoms with Crippen molar-refractivity contribution in [1.29, 1.82) is 0 Å². The minimum absolute atomic E-state index is 0.0691. The Hall–Kier alpha value is -1.40. The van der Waals surface area contributed by atoms with Crippen molar-refractivity contribution in [3.05, 3.63) is 34.8 Å². The summed E-state index contributed by atoms with van der Waals surface area (Å²) in [5.41, 5.74) is 0.412. The normalized spacial score (nSPS) is 12.7. The maximum atomic E-state index is 13.0. The Labute approximate surface area is 102 Å². The molecule has 1 heterocycles. The summed E-state index contributed by atoms with van der Waals surface area (Å²) in [7, 11) is 1.81. The molecular weight excluding hydrogens is 244 g/mol. The van der Waals surface area contributed by atoms with E-state index in [0.717, 1.165) is 11.1 Å². The van der Waals surface area contributed by atoms with Crippen LogP contribution in [0.15, 0.2) is 18.2 Å². The molecule has 1 aromatic carbocycles. The molecule has 0 saturated heterocycles. The summed E-state index contributed by atoms with van der Waals surface area (Å²) in [6.45, 7) is 1.94. The van der Waals surface area contributed by atoms with Crippen LogP contribution in [0.25, 0.3) is 10.6 Å². The molecule has 0 fully saturated rings. The average molecular weight is 255 g/mol. The maximum Gasteiger partial charge on any atom is 0.148 e. The van der Waals surface area contributed by atoms with Gasteiger partial charge in [-0.15, -0.1) is 10.2 Å². The van der Waals surface area contributed by atoms with Crippen molar-refractivity contribution < 1.29 is 8.78 Å². The van der Waals surface area contributed by atoms with E-state index in [4.69, 9.17) is 0 Å². The van der Waals surface area contributed by atoms with Crippen molar-refractivity contribution in [2.24, 2.45) is 0 Å². The topological polar surface area (TPSA) is 37.8 Å². The van der Waals surface area contributed by atoms with Gasteiger partial charge in [0.1, 0.15) is 21.6 Å². The Morgan fingerprint density at radius 2 is 1.82 bits per heavy atom. The van der Waals surface area contributed by atoms with Crippen molar-refractivity contribution in [3.63, 3.8) is 0 Å². The molecule has 6 heteroatoms. The number of rotatable bonds is 3. The van der Waals surface area contributed by atoms with Crippen LogP contribution in [0, 0.1) is 11.6 Å². The zero-order chi connectivity index (χ0) is 12.4. The van der Waals surface area contributed by atoms with Crippen LogP contribution in [0.5, 0.6) is 0 Å². The fourth-order valence-electron chi connectivity index (χ4n) is 1.33. The quantitative estimate of drug-likeness (QED) is 0.916. The number of nitrogens with one attached hydrogen (secondary N) is 1. The first kappa shape index (κ1) is 12.1. The average Bonchev–Trinajstić information content (AvgIpc) is 2.76. The van der Waals surface area contributed by atoms with Gasteiger partial charge in [-0.2, -0.15) is 0 Å². The summed E-state index contributed by atoms with van der Waals surface area (Å²) >= 11 is 1.32. The smallest absolute Gasteiger partial charge is 0.148 e. The third kappa shape index (κ3) is 2.65. The largest absolute Gasteiger partial charge is 0.311 e. The number of benzene rings is 1. The van der Waals surface area contributed by atoms with Crippen LogP contribution in [0.2, 0.25) is 0 Å². The molecule has 0 amide bonds. The van der Waals surface area contributed by atoms with Gasteiger partial charge in [-0.25, -0.2) is 8.78 Å². The van der Waals surface area contributed by atoms with E-state index in [1.807, 2.05) is 14.0 Å². The van der Waals surface area contributed by atoms with E-state index in [-0.39, 0.29) is 6.04 Å². The molecule has 3 nitrogen and oxygen atoms in total. The van der Waals surface area contributed by atoms with Gasteiger partial charge in [0.2, 0.25) is 0 Å². The molecule has 0 spiro atoms. The second kappa shape index (κ2) is 4.85. The summed E-state index contributed by atoms with van der Waals surface area (Å²) in [4.78, 5) is 0. The lowest BCUT2D eigenvalue weighted by molar-refractivity contribution is 0.584. The van der Waals surface area contributed by atoms with Crippen LogP contribution < -0.4 is 5.32 Å². The third-order valence-electron chi connectivity index (χ3n) is 2.35. The van der Waals surface area contributed by atoms with Crippen LogP contribution in [0.1, 0.15) is 18.0 Å². The van der Waals surface area contributed by atoms with Crippen LogP contribution in [0.3, 0.4) is 0 Å². The minimum Gasteiger partial charge on any atom is -0.311 e. The lowest BCUT2D eigenvalue weighted by atomic mass is 10.2.